The zero-order valence-electron chi connectivity index (χ0n) is 15.1. The summed E-state index contributed by atoms with van der Waals surface area (Å²) in [6.07, 6.45) is 0.620. The maximum Gasteiger partial charge on any atom is 0.322 e. The standard InChI is InChI=1S/C19H19F2N5O2/c20-13-4-12(7-22)5-14(6-13)25-9-15-16(10-25)18(15)24-8-17(27)28-19(11-23)2-1-3-26(19)21/h4-6,15-16,18,24H,1-3,8-10H2. The molecule has 2 heterocycles. The van der Waals surface area contributed by atoms with Gasteiger partial charge in [-0.1, -0.05) is 5.12 Å². The Morgan fingerprint density at radius 3 is 2.68 bits per heavy atom. The van der Waals surface area contributed by atoms with E-state index in [1.807, 2.05) is 11.0 Å². The van der Waals surface area contributed by atoms with Crippen LogP contribution in [-0.4, -0.2) is 49.0 Å². The molecule has 7 nitrogen and oxygen atoms in total. The second kappa shape index (κ2) is 7.01. The van der Waals surface area contributed by atoms with Crippen molar-refractivity contribution in [2.24, 2.45) is 11.8 Å². The van der Waals surface area contributed by atoms with Crippen molar-refractivity contribution in [2.45, 2.75) is 24.6 Å². The van der Waals surface area contributed by atoms with Crippen molar-refractivity contribution >= 4 is 11.7 Å². The van der Waals surface area contributed by atoms with Gasteiger partial charge in [0, 0.05) is 37.8 Å². The van der Waals surface area contributed by atoms with E-state index in [0.29, 0.717) is 37.0 Å². The summed E-state index contributed by atoms with van der Waals surface area (Å²) < 4.78 is 32.5. The number of esters is 1. The van der Waals surface area contributed by atoms with E-state index in [-0.39, 0.29) is 36.2 Å². The normalized spacial score (nSPS) is 31.1. The number of ether oxygens (including phenoxy) is 1. The van der Waals surface area contributed by atoms with Gasteiger partial charge in [0.25, 0.3) is 5.72 Å². The first-order valence-electron chi connectivity index (χ1n) is 9.21. The Morgan fingerprint density at radius 1 is 1.32 bits per heavy atom. The fourth-order valence-corrected chi connectivity index (χ4v) is 4.28. The molecule has 2 aliphatic heterocycles. The lowest BCUT2D eigenvalue weighted by molar-refractivity contribution is -0.192. The highest BCUT2D eigenvalue weighted by molar-refractivity contribution is 5.72. The van der Waals surface area contributed by atoms with Crippen LogP contribution < -0.4 is 10.2 Å². The SMILES string of the molecule is N#Cc1cc(F)cc(N2CC3C(C2)C3NCC(=O)OC2(C#N)CCCN2F)c1. The van der Waals surface area contributed by atoms with Crippen molar-refractivity contribution in [2.75, 3.05) is 31.1 Å². The van der Waals surface area contributed by atoms with Gasteiger partial charge >= 0.3 is 5.97 Å². The minimum absolute atomic E-state index is 0.0739. The Hall–Kier alpha value is -2.75. The van der Waals surface area contributed by atoms with Crippen molar-refractivity contribution in [3.05, 3.63) is 29.6 Å². The van der Waals surface area contributed by atoms with Crippen molar-refractivity contribution in [1.82, 2.24) is 10.4 Å². The summed E-state index contributed by atoms with van der Waals surface area (Å²) in [5.41, 5.74) is -0.833. The zero-order chi connectivity index (χ0) is 19.9. The minimum atomic E-state index is -1.80. The molecule has 0 bridgehead atoms. The molecule has 0 aromatic heterocycles. The summed E-state index contributed by atoms with van der Waals surface area (Å²) in [7, 11) is 0. The predicted molar refractivity (Wildman–Crippen MR) is 93.6 cm³/mol. The van der Waals surface area contributed by atoms with Crippen LogP contribution in [0.2, 0.25) is 0 Å². The van der Waals surface area contributed by atoms with Gasteiger partial charge in [-0.15, -0.1) is 4.48 Å². The van der Waals surface area contributed by atoms with Crippen molar-refractivity contribution in [1.29, 1.82) is 10.5 Å². The average molecular weight is 387 g/mol. The van der Waals surface area contributed by atoms with E-state index in [2.05, 4.69) is 5.32 Å². The highest BCUT2D eigenvalue weighted by atomic mass is 19.2. The Bertz CT molecular complexity index is 870. The number of hydrogen-bond donors (Lipinski definition) is 1. The first-order chi connectivity index (χ1) is 13.5. The number of halogens is 2. The zero-order valence-corrected chi connectivity index (χ0v) is 15.1. The van der Waals surface area contributed by atoms with E-state index in [1.54, 1.807) is 12.1 Å². The van der Waals surface area contributed by atoms with Gasteiger partial charge in [-0.2, -0.15) is 10.5 Å². The van der Waals surface area contributed by atoms with E-state index < -0.39 is 17.5 Å². The Kier molecular flexibility index (Phi) is 4.66. The molecule has 0 radical (unpaired) electrons. The molecule has 3 unspecified atom stereocenters. The number of rotatable bonds is 5. The van der Waals surface area contributed by atoms with E-state index in [4.69, 9.17) is 15.3 Å². The van der Waals surface area contributed by atoms with E-state index in [9.17, 15) is 13.7 Å². The molecule has 146 valence electrons. The van der Waals surface area contributed by atoms with Gasteiger partial charge in [0.2, 0.25) is 0 Å². The molecule has 3 fully saturated rings. The van der Waals surface area contributed by atoms with Crippen molar-refractivity contribution < 1.29 is 18.4 Å². The van der Waals surface area contributed by atoms with Crippen LogP contribution in [-0.2, 0) is 9.53 Å². The Morgan fingerprint density at radius 2 is 2.07 bits per heavy atom. The summed E-state index contributed by atoms with van der Waals surface area (Å²) in [6.45, 7) is 1.39. The molecular formula is C19H19F2N5O2. The third-order valence-electron chi connectivity index (χ3n) is 5.77. The van der Waals surface area contributed by atoms with Gasteiger partial charge in [0.1, 0.15) is 11.9 Å². The molecule has 4 rings (SSSR count). The number of benzene rings is 1. The molecule has 2 saturated heterocycles. The number of nitrogens with zero attached hydrogens (tertiary/aromatic N) is 4. The first kappa shape index (κ1) is 18.6. The van der Waals surface area contributed by atoms with Crippen LogP contribution in [0.4, 0.5) is 14.6 Å². The third-order valence-corrected chi connectivity index (χ3v) is 5.77. The van der Waals surface area contributed by atoms with Gasteiger partial charge in [-0.05, 0) is 36.5 Å². The van der Waals surface area contributed by atoms with Gasteiger partial charge in [-0.25, -0.2) is 4.39 Å². The highest BCUT2D eigenvalue weighted by Gasteiger charge is 2.56. The molecular weight excluding hydrogens is 368 g/mol. The molecule has 1 aliphatic carbocycles. The van der Waals surface area contributed by atoms with Crippen molar-refractivity contribution in [3.8, 4) is 12.1 Å². The Balaban J connectivity index is 1.27. The lowest BCUT2D eigenvalue weighted by atomic mass is 10.2. The van der Waals surface area contributed by atoms with Crippen LogP contribution in [0.25, 0.3) is 0 Å². The highest BCUT2D eigenvalue weighted by Crippen LogP contribution is 2.46. The Labute approximate surface area is 161 Å². The molecule has 1 aromatic carbocycles. The quantitative estimate of drug-likeness (QED) is 0.604. The number of piperidine rings is 1. The summed E-state index contributed by atoms with van der Waals surface area (Å²) >= 11 is 0. The van der Waals surface area contributed by atoms with E-state index in [1.165, 1.54) is 12.1 Å². The molecule has 0 spiro atoms. The van der Waals surface area contributed by atoms with E-state index in [0.717, 1.165) is 0 Å². The predicted octanol–water partition coefficient (Wildman–Crippen LogP) is 1.46. The maximum absolute atomic E-state index is 13.8. The van der Waals surface area contributed by atoms with Crippen LogP contribution in [0.15, 0.2) is 18.2 Å². The molecule has 3 atom stereocenters. The number of hydrogen-bond acceptors (Lipinski definition) is 7. The van der Waals surface area contributed by atoms with Crippen LogP contribution in [0.3, 0.4) is 0 Å². The van der Waals surface area contributed by atoms with Gasteiger partial charge in [0.15, 0.2) is 0 Å². The summed E-state index contributed by atoms with van der Waals surface area (Å²) in [5.74, 6) is -0.463. The van der Waals surface area contributed by atoms with Crippen LogP contribution >= 0.6 is 0 Å². The summed E-state index contributed by atoms with van der Waals surface area (Å²) in [5, 5.41) is 21.5. The topological polar surface area (TPSA) is 92.4 Å². The monoisotopic (exact) mass is 387 g/mol. The largest absolute Gasteiger partial charge is 0.426 e. The van der Waals surface area contributed by atoms with Crippen LogP contribution in [0.5, 0.6) is 0 Å². The van der Waals surface area contributed by atoms with Gasteiger partial charge in [0.05, 0.1) is 18.2 Å². The maximum atomic E-state index is 13.8. The number of nitrogens with one attached hydrogen (secondary N) is 1. The fourth-order valence-electron chi connectivity index (χ4n) is 4.28. The number of carbonyl (C=O) groups excluding carboxylic acids is 1. The van der Waals surface area contributed by atoms with Gasteiger partial charge in [-0.3, -0.25) is 4.79 Å². The van der Waals surface area contributed by atoms with Crippen molar-refractivity contribution in [3.63, 3.8) is 0 Å². The average Bonchev–Trinajstić information content (AvgIpc) is 2.99. The second-order valence-corrected chi connectivity index (χ2v) is 7.51. The number of carbonyl (C=O) groups is 1. The fraction of sp³-hybridized carbons (Fsp3) is 0.526. The molecule has 1 saturated carbocycles. The second-order valence-electron chi connectivity index (χ2n) is 7.51. The molecule has 0 amide bonds. The smallest absolute Gasteiger partial charge is 0.322 e. The molecule has 3 aliphatic rings. The first-order valence-corrected chi connectivity index (χ1v) is 9.21. The lowest BCUT2D eigenvalue weighted by Gasteiger charge is -2.25. The minimum Gasteiger partial charge on any atom is -0.426 e. The van der Waals surface area contributed by atoms with Gasteiger partial charge < -0.3 is 15.0 Å². The van der Waals surface area contributed by atoms with E-state index >= 15 is 0 Å². The molecule has 1 N–H and O–H groups in total. The number of anilines is 1. The molecule has 9 heteroatoms. The number of nitriles is 2. The summed E-state index contributed by atoms with van der Waals surface area (Å²) in [6, 6.07) is 8.13. The summed E-state index contributed by atoms with van der Waals surface area (Å²) in [4.78, 5) is 14.1. The lowest BCUT2D eigenvalue weighted by Crippen LogP contribution is -2.44. The number of fused-ring (bicyclic) bond motifs is 1. The molecule has 1 aromatic rings. The van der Waals surface area contributed by atoms with Crippen LogP contribution in [0, 0.1) is 40.3 Å². The third kappa shape index (κ3) is 3.28. The molecule has 28 heavy (non-hydrogen) atoms. The van der Waals surface area contributed by atoms with Crippen LogP contribution in [0.1, 0.15) is 18.4 Å².